The minimum atomic E-state index is -0.457. The summed E-state index contributed by atoms with van der Waals surface area (Å²) in [5.41, 5.74) is -0.457. The number of nitrogens with one attached hydrogen (secondary N) is 2. The Morgan fingerprint density at radius 3 is 1.75 bits per heavy atom. The van der Waals surface area contributed by atoms with Crippen LogP contribution in [0.5, 0.6) is 0 Å². The first-order valence-corrected chi connectivity index (χ1v) is 10.5. The SMILES string of the molecule is CCCCOC(=O)CN1CCNCCN(CC(=O)OC(C)(C)C)CCNCC1. The van der Waals surface area contributed by atoms with Crippen LogP contribution in [0.25, 0.3) is 0 Å². The van der Waals surface area contributed by atoms with Gasteiger partial charge in [-0.3, -0.25) is 19.4 Å². The van der Waals surface area contributed by atoms with Crippen LogP contribution < -0.4 is 10.6 Å². The van der Waals surface area contributed by atoms with Crippen molar-refractivity contribution in [2.45, 2.75) is 46.1 Å². The molecule has 0 bridgehead atoms. The molecule has 2 N–H and O–H groups in total. The van der Waals surface area contributed by atoms with E-state index < -0.39 is 5.60 Å². The fourth-order valence-corrected chi connectivity index (χ4v) is 2.85. The van der Waals surface area contributed by atoms with E-state index in [1.807, 2.05) is 20.8 Å². The van der Waals surface area contributed by atoms with Gasteiger partial charge in [-0.05, 0) is 27.2 Å². The summed E-state index contributed by atoms with van der Waals surface area (Å²) in [6.07, 6.45) is 1.93. The van der Waals surface area contributed by atoms with Crippen LogP contribution in [0.2, 0.25) is 0 Å². The summed E-state index contributed by atoms with van der Waals surface area (Å²) < 4.78 is 10.7. The minimum absolute atomic E-state index is 0.149. The van der Waals surface area contributed by atoms with Gasteiger partial charge in [0.1, 0.15) is 5.60 Å². The third kappa shape index (κ3) is 13.0. The van der Waals surface area contributed by atoms with Crippen LogP contribution in [0.15, 0.2) is 0 Å². The van der Waals surface area contributed by atoms with E-state index in [4.69, 9.17) is 9.47 Å². The van der Waals surface area contributed by atoms with Crippen molar-refractivity contribution in [2.75, 3.05) is 72.1 Å². The minimum Gasteiger partial charge on any atom is -0.465 e. The third-order valence-electron chi connectivity index (χ3n) is 4.31. The topological polar surface area (TPSA) is 83.1 Å². The number of carbonyl (C=O) groups is 2. The maximum Gasteiger partial charge on any atom is 0.320 e. The summed E-state index contributed by atoms with van der Waals surface area (Å²) >= 11 is 0. The zero-order chi connectivity index (χ0) is 20.8. The maximum absolute atomic E-state index is 12.1. The van der Waals surface area contributed by atoms with Crippen LogP contribution in [0.1, 0.15) is 40.5 Å². The molecule has 0 saturated carbocycles. The van der Waals surface area contributed by atoms with Gasteiger partial charge in [-0.25, -0.2) is 0 Å². The van der Waals surface area contributed by atoms with E-state index in [2.05, 4.69) is 27.4 Å². The molecule has 1 aliphatic heterocycles. The summed E-state index contributed by atoms with van der Waals surface area (Å²) in [5, 5.41) is 6.80. The van der Waals surface area contributed by atoms with E-state index in [0.29, 0.717) is 19.7 Å². The molecule has 0 aromatic rings. The van der Waals surface area contributed by atoms with Crippen LogP contribution in [-0.4, -0.2) is 99.4 Å². The lowest BCUT2D eigenvalue weighted by Gasteiger charge is -2.27. The quantitative estimate of drug-likeness (QED) is 0.471. The Balaban J connectivity index is 2.38. The van der Waals surface area contributed by atoms with Crippen molar-refractivity contribution in [1.82, 2.24) is 20.4 Å². The van der Waals surface area contributed by atoms with E-state index in [-0.39, 0.29) is 11.9 Å². The molecule has 1 fully saturated rings. The van der Waals surface area contributed by atoms with E-state index in [1.165, 1.54) is 0 Å². The number of ether oxygens (including phenoxy) is 2. The predicted octanol–water partition coefficient (Wildman–Crippen LogP) is 0.468. The lowest BCUT2D eigenvalue weighted by molar-refractivity contribution is -0.156. The molecular formula is C20H40N4O4. The fourth-order valence-electron chi connectivity index (χ4n) is 2.85. The lowest BCUT2D eigenvalue weighted by Crippen LogP contribution is -2.46. The summed E-state index contributed by atoms with van der Waals surface area (Å²) in [6, 6.07) is 0. The second-order valence-corrected chi connectivity index (χ2v) is 8.21. The molecule has 28 heavy (non-hydrogen) atoms. The molecule has 0 aliphatic carbocycles. The number of unbranched alkanes of at least 4 members (excludes halogenated alkanes) is 1. The van der Waals surface area contributed by atoms with Gasteiger partial charge < -0.3 is 20.1 Å². The number of esters is 2. The molecule has 8 heteroatoms. The van der Waals surface area contributed by atoms with Gasteiger partial charge >= 0.3 is 11.9 Å². The van der Waals surface area contributed by atoms with E-state index >= 15 is 0 Å². The molecule has 0 aromatic carbocycles. The molecule has 0 amide bonds. The van der Waals surface area contributed by atoms with Gasteiger partial charge in [0, 0.05) is 52.4 Å². The zero-order valence-corrected chi connectivity index (χ0v) is 18.2. The van der Waals surface area contributed by atoms with E-state index in [0.717, 1.165) is 65.2 Å². The van der Waals surface area contributed by atoms with Gasteiger partial charge in [0.25, 0.3) is 0 Å². The van der Waals surface area contributed by atoms with Gasteiger partial charge in [-0.2, -0.15) is 0 Å². The zero-order valence-electron chi connectivity index (χ0n) is 18.2. The second kappa shape index (κ2) is 13.9. The van der Waals surface area contributed by atoms with Crippen molar-refractivity contribution < 1.29 is 19.1 Å². The van der Waals surface area contributed by atoms with Gasteiger partial charge in [0.05, 0.1) is 19.7 Å². The molecule has 0 atom stereocenters. The molecule has 0 radical (unpaired) electrons. The molecule has 8 nitrogen and oxygen atoms in total. The summed E-state index contributed by atoms with van der Waals surface area (Å²) in [7, 11) is 0. The molecule has 0 spiro atoms. The van der Waals surface area contributed by atoms with Gasteiger partial charge in [-0.15, -0.1) is 0 Å². The molecule has 0 unspecified atom stereocenters. The number of rotatable bonds is 7. The first-order valence-electron chi connectivity index (χ1n) is 10.5. The molecule has 1 heterocycles. The normalized spacial score (nSPS) is 18.7. The highest BCUT2D eigenvalue weighted by Gasteiger charge is 2.19. The maximum atomic E-state index is 12.1. The van der Waals surface area contributed by atoms with Crippen molar-refractivity contribution in [3.63, 3.8) is 0 Å². The van der Waals surface area contributed by atoms with Crippen molar-refractivity contribution in [1.29, 1.82) is 0 Å². The van der Waals surface area contributed by atoms with E-state index in [9.17, 15) is 9.59 Å². The van der Waals surface area contributed by atoms with Crippen LogP contribution in [0.3, 0.4) is 0 Å². The molecule has 1 aliphatic rings. The largest absolute Gasteiger partial charge is 0.465 e. The fraction of sp³-hybridized carbons (Fsp3) is 0.900. The van der Waals surface area contributed by atoms with Crippen LogP contribution in [0.4, 0.5) is 0 Å². The average molecular weight is 401 g/mol. The number of nitrogens with zero attached hydrogens (tertiary/aromatic N) is 2. The summed E-state index contributed by atoms with van der Waals surface area (Å²) in [4.78, 5) is 28.3. The number of carbonyl (C=O) groups excluding carboxylic acids is 2. The standard InChI is InChI=1S/C20H40N4O4/c1-5-6-15-27-18(25)16-23-11-7-21-9-13-24(14-10-22-8-12-23)17-19(26)28-20(2,3)4/h21-22H,5-17H2,1-4H3. The molecule has 164 valence electrons. The second-order valence-electron chi connectivity index (χ2n) is 8.21. The van der Waals surface area contributed by atoms with Crippen molar-refractivity contribution in [3.8, 4) is 0 Å². The number of hydrogen-bond acceptors (Lipinski definition) is 8. The average Bonchev–Trinajstić information content (AvgIpc) is 2.57. The Morgan fingerprint density at radius 2 is 1.32 bits per heavy atom. The van der Waals surface area contributed by atoms with Crippen LogP contribution >= 0.6 is 0 Å². The number of hydrogen-bond donors (Lipinski definition) is 2. The van der Waals surface area contributed by atoms with Crippen LogP contribution in [0, 0.1) is 0 Å². The monoisotopic (exact) mass is 400 g/mol. The first-order chi connectivity index (χ1) is 13.3. The third-order valence-corrected chi connectivity index (χ3v) is 4.31. The molecule has 1 rings (SSSR count). The summed E-state index contributed by atoms with van der Waals surface area (Å²) in [6.45, 7) is 15.2. The summed E-state index contributed by atoms with van der Waals surface area (Å²) in [5.74, 6) is -0.337. The van der Waals surface area contributed by atoms with Gasteiger partial charge in [0.2, 0.25) is 0 Å². The van der Waals surface area contributed by atoms with Crippen LogP contribution in [-0.2, 0) is 19.1 Å². The van der Waals surface area contributed by atoms with Crippen molar-refractivity contribution in [3.05, 3.63) is 0 Å². The lowest BCUT2D eigenvalue weighted by atomic mass is 10.2. The Hall–Kier alpha value is -1.22. The molecular weight excluding hydrogens is 360 g/mol. The highest BCUT2D eigenvalue weighted by atomic mass is 16.6. The predicted molar refractivity (Wildman–Crippen MR) is 110 cm³/mol. The Morgan fingerprint density at radius 1 is 0.857 bits per heavy atom. The Bertz CT molecular complexity index is 440. The highest BCUT2D eigenvalue weighted by molar-refractivity contribution is 5.72. The molecule has 0 aromatic heterocycles. The van der Waals surface area contributed by atoms with Gasteiger partial charge in [0.15, 0.2) is 0 Å². The smallest absolute Gasteiger partial charge is 0.320 e. The molecule has 1 saturated heterocycles. The van der Waals surface area contributed by atoms with Crippen molar-refractivity contribution >= 4 is 11.9 Å². The Labute approximate surface area is 170 Å². The highest BCUT2D eigenvalue weighted by Crippen LogP contribution is 2.07. The van der Waals surface area contributed by atoms with Gasteiger partial charge in [-0.1, -0.05) is 13.3 Å². The Kier molecular flexibility index (Phi) is 12.3. The van der Waals surface area contributed by atoms with E-state index in [1.54, 1.807) is 0 Å². The first kappa shape index (κ1) is 24.8. The van der Waals surface area contributed by atoms with Crippen molar-refractivity contribution in [2.24, 2.45) is 0 Å².